The van der Waals surface area contributed by atoms with Crippen LogP contribution in [0.5, 0.6) is 0 Å². The number of amides is 4. The van der Waals surface area contributed by atoms with Crippen LogP contribution in [0.1, 0.15) is 33.1 Å². The van der Waals surface area contributed by atoms with Gasteiger partial charge in [0.1, 0.15) is 6.04 Å². The Morgan fingerprint density at radius 3 is 2.76 bits per heavy atom. The second kappa shape index (κ2) is 6.22. The second-order valence-corrected chi connectivity index (χ2v) is 4.43. The van der Waals surface area contributed by atoms with Gasteiger partial charge in [-0.05, 0) is 33.1 Å². The molecule has 1 aliphatic rings. The Hall–Kier alpha value is -1.59. The van der Waals surface area contributed by atoms with Crippen molar-refractivity contribution in [2.45, 2.75) is 45.2 Å². The Morgan fingerprint density at radius 2 is 2.18 bits per heavy atom. The highest BCUT2D eigenvalue weighted by molar-refractivity contribution is 5.98. The van der Waals surface area contributed by atoms with Crippen LogP contribution in [0.2, 0.25) is 0 Å². The maximum Gasteiger partial charge on any atom is 0.324 e. The Labute approximate surface area is 101 Å². The zero-order valence-corrected chi connectivity index (χ0v) is 10.2. The summed E-state index contributed by atoms with van der Waals surface area (Å²) in [6.07, 6.45) is 2.69. The molecular weight excluding hydrogens is 222 g/mol. The van der Waals surface area contributed by atoms with Gasteiger partial charge in [0.15, 0.2) is 0 Å². The lowest BCUT2D eigenvalue weighted by molar-refractivity contribution is -0.131. The third kappa shape index (κ3) is 3.72. The minimum absolute atomic E-state index is 0.0176. The van der Waals surface area contributed by atoms with E-state index in [0.29, 0.717) is 19.4 Å². The first-order valence-electron chi connectivity index (χ1n) is 5.88. The summed E-state index contributed by atoms with van der Waals surface area (Å²) >= 11 is 0. The lowest BCUT2D eigenvalue weighted by atomic mass is 10.1. The normalized spacial score (nSPS) is 21.0. The van der Waals surface area contributed by atoms with Crippen molar-refractivity contribution in [3.63, 3.8) is 0 Å². The fraction of sp³-hybridized carbons (Fsp3) is 0.727. The number of carbonyl (C=O) groups is 3. The van der Waals surface area contributed by atoms with E-state index in [-0.39, 0.29) is 18.0 Å². The van der Waals surface area contributed by atoms with Gasteiger partial charge in [0, 0.05) is 12.6 Å². The van der Waals surface area contributed by atoms with Crippen molar-refractivity contribution in [2.75, 3.05) is 6.54 Å². The summed E-state index contributed by atoms with van der Waals surface area (Å²) in [5.41, 5.74) is 0. The molecule has 96 valence electrons. The molecule has 0 aliphatic carbocycles. The summed E-state index contributed by atoms with van der Waals surface area (Å²) in [6, 6.07) is -0.978. The van der Waals surface area contributed by atoms with E-state index in [1.54, 1.807) is 0 Å². The van der Waals surface area contributed by atoms with Gasteiger partial charge in [0.2, 0.25) is 6.41 Å². The van der Waals surface area contributed by atoms with Crippen molar-refractivity contribution < 1.29 is 14.4 Å². The number of hydrogen-bond acceptors (Lipinski definition) is 3. The summed E-state index contributed by atoms with van der Waals surface area (Å²) in [6.45, 7) is 4.08. The molecule has 17 heavy (non-hydrogen) atoms. The molecule has 2 N–H and O–H groups in total. The Balaban J connectivity index is 2.71. The highest BCUT2D eigenvalue weighted by Gasteiger charge is 2.30. The molecule has 0 aromatic carbocycles. The topological polar surface area (TPSA) is 78.5 Å². The number of urea groups is 1. The van der Waals surface area contributed by atoms with Crippen molar-refractivity contribution in [1.82, 2.24) is 15.5 Å². The standard InChI is InChI=1S/C11H19N3O3/c1-8(2)13-11(17)14-6-4-3-5-9(10(14)16)12-7-15/h7-9H,3-6H2,1-2H3,(H,12,15)(H,13,17)/t9-/m0/s1. The number of rotatable bonds is 3. The van der Waals surface area contributed by atoms with Gasteiger partial charge in [0.25, 0.3) is 5.91 Å². The van der Waals surface area contributed by atoms with Crippen LogP contribution in [-0.4, -0.2) is 41.9 Å². The van der Waals surface area contributed by atoms with E-state index in [4.69, 9.17) is 0 Å². The molecule has 6 heteroatoms. The molecule has 0 unspecified atom stereocenters. The summed E-state index contributed by atoms with van der Waals surface area (Å²) in [7, 11) is 0. The first-order valence-corrected chi connectivity index (χ1v) is 5.88. The van der Waals surface area contributed by atoms with Crippen LogP contribution >= 0.6 is 0 Å². The van der Waals surface area contributed by atoms with Crippen LogP contribution in [0.3, 0.4) is 0 Å². The van der Waals surface area contributed by atoms with Crippen LogP contribution < -0.4 is 10.6 Å². The minimum atomic E-state index is -0.576. The van der Waals surface area contributed by atoms with Gasteiger partial charge in [-0.1, -0.05) is 0 Å². The smallest absolute Gasteiger partial charge is 0.324 e. The molecule has 1 aliphatic heterocycles. The molecule has 6 nitrogen and oxygen atoms in total. The lowest BCUT2D eigenvalue weighted by Crippen LogP contribution is -2.51. The number of nitrogens with one attached hydrogen (secondary N) is 2. The molecule has 1 fully saturated rings. The van der Waals surface area contributed by atoms with Crippen LogP contribution in [0.25, 0.3) is 0 Å². The van der Waals surface area contributed by atoms with E-state index in [0.717, 1.165) is 12.8 Å². The third-order valence-electron chi connectivity index (χ3n) is 2.62. The quantitative estimate of drug-likeness (QED) is 0.694. The number of nitrogens with zero attached hydrogens (tertiary/aromatic N) is 1. The van der Waals surface area contributed by atoms with E-state index in [9.17, 15) is 14.4 Å². The summed E-state index contributed by atoms with van der Waals surface area (Å²) in [4.78, 5) is 35.4. The lowest BCUT2D eigenvalue weighted by Gasteiger charge is -2.23. The highest BCUT2D eigenvalue weighted by Crippen LogP contribution is 2.12. The first kappa shape index (κ1) is 13.5. The molecule has 1 rings (SSSR count). The maximum atomic E-state index is 12.0. The maximum absolute atomic E-state index is 12.0. The largest absolute Gasteiger partial charge is 0.347 e. The monoisotopic (exact) mass is 241 g/mol. The zero-order chi connectivity index (χ0) is 12.8. The summed E-state index contributed by atoms with van der Waals surface area (Å²) < 4.78 is 0. The van der Waals surface area contributed by atoms with Gasteiger partial charge in [-0.25, -0.2) is 4.79 Å². The molecule has 0 spiro atoms. The fourth-order valence-corrected chi connectivity index (χ4v) is 1.80. The number of carbonyl (C=O) groups excluding carboxylic acids is 3. The van der Waals surface area contributed by atoms with Crippen molar-refractivity contribution >= 4 is 18.3 Å². The van der Waals surface area contributed by atoms with Gasteiger partial charge >= 0.3 is 6.03 Å². The first-order chi connectivity index (χ1) is 8.06. The average Bonchev–Trinajstić information content (AvgIpc) is 2.41. The van der Waals surface area contributed by atoms with E-state index < -0.39 is 6.04 Å². The van der Waals surface area contributed by atoms with Gasteiger partial charge in [-0.3, -0.25) is 14.5 Å². The van der Waals surface area contributed by atoms with Crippen molar-refractivity contribution in [1.29, 1.82) is 0 Å². The Kier molecular flexibility index (Phi) is 4.93. The molecule has 0 radical (unpaired) electrons. The summed E-state index contributed by atoms with van der Waals surface area (Å²) in [5, 5.41) is 5.14. The van der Waals surface area contributed by atoms with E-state index in [1.807, 2.05) is 13.8 Å². The molecule has 1 heterocycles. The molecule has 4 amide bonds. The van der Waals surface area contributed by atoms with Gasteiger partial charge in [-0.2, -0.15) is 0 Å². The highest BCUT2D eigenvalue weighted by atomic mass is 16.2. The Morgan fingerprint density at radius 1 is 1.47 bits per heavy atom. The van der Waals surface area contributed by atoms with Crippen LogP contribution in [0, 0.1) is 0 Å². The average molecular weight is 241 g/mol. The molecule has 0 bridgehead atoms. The molecule has 1 saturated heterocycles. The summed E-state index contributed by atoms with van der Waals surface area (Å²) in [5.74, 6) is -0.326. The predicted octanol–water partition coefficient (Wildman–Crippen LogP) is 0.231. The van der Waals surface area contributed by atoms with E-state index in [1.165, 1.54) is 4.90 Å². The predicted molar refractivity (Wildman–Crippen MR) is 62.2 cm³/mol. The number of imide groups is 1. The van der Waals surface area contributed by atoms with Crippen molar-refractivity contribution in [3.05, 3.63) is 0 Å². The molecule has 0 aromatic rings. The third-order valence-corrected chi connectivity index (χ3v) is 2.62. The minimum Gasteiger partial charge on any atom is -0.347 e. The van der Waals surface area contributed by atoms with Gasteiger partial charge < -0.3 is 10.6 Å². The van der Waals surface area contributed by atoms with E-state index in [2.05, 4.69) is 10.6 Å². The van der Waals surface area contributed by atoms with Crippen molar-refractivity contribution in [2.24, 2.45) is 0 Å². The molecule has 1 atom stereocenters. The van der Waals surface area contributed by atoms with Crippen LogP contribution in [0.15, 0.2) is 0 Å². The van der Waals surface area contributed by atoms with Crippen LogP contribution in [0.4, 0.5) is 4.79 Å². The van der Waals surface area contributed by atoms with Crippen molar-refractivity contribution in [3.8, 4) is 0 Å². The van der Waals surface area contributed by atoms with Gasteiger partial charge in [-0.15, -0.1) is 0 Å². The molecule has 0 saturated carbocycles. The SMILES string of the molecule is CC(C)NC(=O)N1CCCC[C@H](NC=O)C1=O. The van der Waals surface area contributed by atoms with E-state index >= 15 is 0 Å². The zero-order valence-electron chi connectivity index (χ0n) is 10.2. The number of likely N-dealkylation sites (tertiary alicyclic amines) is 1. The Bertz CT molecular complexity index is 304. The molecule has 0 aromatic heterocycles. The fourth-order valence-electron chi connectivity index (χ4n) is 1.80. The van der Waals surface area contributed by atoms with Gasteiger partial charge in [0.05, 0.1) is 0 Å². The number of hydrogen-bond donors (Lipinski definition) is 2. The molecular formula is C11H19N3O3. The van der Waals surface area contributed by atoms with Crippen LogP contribution in [-0.2, 0) is 9.59 Å². The second-order valence-electron chi connectivity index (χ2n) is 4.43.